The molecule has 0 heterocycles. The zero-order valence-electron chi connectivity index (χ0n) is 22.7. The maximum atomic E-state index is 13.9. The van der Waals surface area contributed by atoms with E-state index in [0.29, 0.717) is 12.1 Å². The number of carbonyl (C=O) groups excluding carboxylic acids is 2. The standard InChI is InChI=1S/C29H32Cl2FN3O4S/c1-19(2)16-33-29(37)21(4)34(17-22-7-9-23(32)10-8-22)28(36)18-35(24-11-14-26(30)27(31)15-24)40(38,39)25-12-5-20(3)6-13-25/h5-15,19,21H,16-18H2,1-4H3,(H,33,37)/t21-/m1/s1. The average Bonchev–Trinajstić information content (AvgIpc) is 2.91. The molecule has 0 aliphatic rings. The molecular formula is C29H32Cl2FN3O4S. The van der Waals surface area contributed by atoms with E-state index in [1.165, 1.54) is 59.5 Å². The smallest absolute Gasteiger partial charge is 0.264 e. The molecule has 0 radical (unpaired) electrons. The fourth-order valence-corrected chi connectivity index (χ4v) is 5.53. The van der Waals surface area contributed by atoms with Gasteiger partial charge in [0.25, 0.3) is 10.0 Å². The summed E-state index contributed by atoms with van der Waals surface area (Å²) in [6, 6.07) is 15.1. The number of carbonyl (C=O) groups is 2. The minimum atomic E-state index is -4.24. The first kappa shape index (κ1) is 31.4. The number of nitrogens with zero attached hydrogens (tertiary/aromatic N) is 2. The largest absolute Gasteiger partial charge is 0.354 e. The highest BCUT2D eigenvalue weighted by Gasteiger charge is 2.32. The minimum absolute atomic E-state index is 0.0234. The molecule has 3 rings (SSSR count). The van der Waals surface area contributed by atoms with E-state index in [9.17, 15) is 22.4 Å². The third-order valence-electron chi connectivity index (χ3n) is 6.20. The monoisotopic (exact) mass is 607 g/mol. The van der Waals surface area contributed by atoms with Gasteiger partial charge in [-0.15, -0.1) is 0 Å². The molecule has 40 heavy (non-hydrogen) atoms. The lowest BCUT2D eigenvalue weighted by molar-refractivity contribution is -0.139. The summed E-state index contributed by atoms with van der Waals surface area (Å²) >= 11 is 12.3. The predicted molar refractivity (Wildman–Crippen MR) is 156 cm³/mol. The molecule has 1 atom stereocenters. The number of sulfonamides is 1. The van der Waals surface area contributed by atoms with Gasteiger partial charge >= 0.3 is 0 Å². The van der Waals surface area contributed by atoms with Crippen LogP contribution in [0.1, 0.15) is 31.9 Å². The molecule has 11 heteroatoms. The van der Waals surface area contributed by atoms with Crippen LogP contribution in [0.15, 0.2) is 71.6 Å². The number of hydrogen-bond acceptors (Lipinski definition) is 4. The van der Waals surface area contributed by atoms with E-state index in [4.69, 9.17) is 23.2 Å². The van der Waals surface area contributed by atoms with E-state index in [0.717, 1.165) is 9.87 Å². The molecule has 0 aromatic heterocycles. The van der Waals surface area contributed by atoms with Crippen molar-refractivity contribution in [2.75, 3.05) is 17.4 Å². The van der Waals surface area contributed by atoms with Gasteiger partial charge in [0.05, 0.1) is 20.6 Å². The Morgan fingerprint density at radius 3 is 2.12 bits per heavy atom. The van der Waals surface area contributed by atoms with Crippen molar-refractivity contribution in [3.63, 3.8) is 0 Å². The predicted octanol–water partition coefficient (Wildman–Crippen LogP) is 5.83. The normalized spacial score (nSPS) is 12.2. The zero-order chi connectivity index (χ0) is 29.6. The van der Waals surface area contributed by atoms with Crippen LogP contribution in [0.25, 0.3) is 0 Å². The van der Waals surface area contributed by atoms with Crippen LogP contribution < -0.4 is 9.62 Å². The summed E-state index contributed by atoms with van der Waals surface area (Å²) in [5.74, 6) is -1.30. The Balaban J connectivity index is 2.03. The van der Waals surface area contributed by atoms with Gasteiger partial charge in [-0.25, -0.2) is 12.8 Å². The summed E-state index contributed by atoms with van der Waals surface area (Å²) in [6.07, 6.45) is 0. The molecule has 0 saturated heterocycles. The fraction of sp³-hybridized carbons (Fsp3) is 0.310. The maximum Gasteiger partial charge on any atom is 0.264 e. The van der Waals surface area contributed by atoms with Crippen LogP contribution in [-0.4, -0.2) is 44.3 Å². The fourth-order valence-electron chi connectivity index (χ4n) is 3.83. The van der Waals surface area contributed by atoms with Crippen molar-refractivity contribution < 1.29 is 22.4 Å². The Morgan fingerprint density at radius 1 is 0.925 bits per heavy atom. The van der Waals surface area contributed by atoms with Crippen molar-refractivity contribution in [1.29, 1.82) is 0 Å². The Hall–Kier alpha value is -3.14. The molecule has 0 aliphatic heterocycles. The minimum Gasteiger partial charge on any atom is -0.354 e. The van der Waals surface area contributed by atoms with Gasteiger partial charge < -0.3 is 10.2 Å². The number of halogens is 3. The third kappa shape index (κ3) is 7.96. The van der Waals surface area contributed by atoms with E-state index >= 15 is 0 Å². The molecule has 0 saturated carbocycles. The lowest BCUT2D eigenvalue weighted by Gasteiger charge is -2.32. The SMILES string of the molecule is Cc1ccc(S(=O)(=O)N(CC(=O)N(Cc2ccc(F)cc2)[C@H](C)C(=O)NCC(C)C)c2ccc(Cl)c(Cl)c2)cc1. The summed E-state index contributed by atoms with van der Waals surface area (Å²) in [5.41, 5.74) is 1.56. The second-order valence-electron chi connectivity index (χ2n) is 9.89. The molecule has 214 valence electrons. The second kappa shape index (κ2) is 13.5. The lowest BCUT2D eigenvalue weighted by Crippen LogP contribution is -2.51. The number of amides is 2. The van der Waals surface area contributed by atoms with Crippen molar-refractivity contribution in [2.45, 2.75) is 45.2 Å². The van der Waals surface area contributed by atoms with E-state index in [-0.39, 0.29) is 33.1 Å². The summed E-state index contributed by atoms with van der Waals surface area (Å²) in [5, 5.41) is 3.15. The first-order valence-electron chi connectivity index (χ1n) is 12.7. The molecular weight excluding hydrogens is 576 g/mol. The topological polar surface area (TPSA) is 86.8 Å². The van der Waals surface area contributed by atoms with Gasteiger partial charge in [-0.1, -0.05) is 66.9 Å². The Kier molecular flexibility index (Phi) is 10.6. The Morgan fingerprint density at radius 2 is 1.55 bits per heavy atom. The molecule has 1 N–H and O–H groups in total. The number of anilines is 1. The first-order chi connectivity index (χ1) is 18.8. The molecule has 0 unspecified atom stereocenters. The van der Waals surface area contributed by atoms with Crippen molar-refractivity contribution >= 4 is 50.7 Å². The second-order valence-corrected chi connectivity index (χ2v) is 12.6. The molecule has 0 aliphatic carbocycles. The van der Waals surface area contributed by atoms with Crippen LogP contribution in [0.2, 0.25) is 10.0 Å². The van der Waals surface area contributed by atoms with Crippen molar-refractivity contribution in [1.82, 2.24) is 10.2 Å². The number of aryl methyl sites for hydroxylation is 1. The Bertz CT molecular complexity index is 1450. The van der Waals surface area contributed by atoms with Gasteiger partial charge in [0.15, 0.2) is 0 Å². The van der Waals surface area contributed by atoms with Crippen molar-refractivity contribution in [3.05, 3.63) is 93.7 Å². The van der Waals surface area contributed by atoms with Crippen LogP contribution in [0, 0.1) is 18.7 Å². The molecule has 7 nitrogen and oxygen atoms in total. The van der Waals surface area contributed by atoms with Crippen LogP contribution >= 0.6 is 23.2 Å². The number of hydrogen-bond donors (Lipinski definition) is 1. The van der Waals surface area contributed by atoms with Crippen LogP contribution in [-0.2, 0) is 26.2 Å². The van der Waals surface area contributed by atoms with E-state index < -0.39 is 40.2 Å². The zero-order valence-corrected chi connectivity index (χ0v) is 25.0. The molecule has 0 fully saturated rings. The maximum absolute atomic E-state index is 13.9. The summed E-state index contributed by atoms with van der Waals surface area (Å²) in [7, 11) is -4.24. The van der Waals surface area contributed by atoms with Crippen molar-refractivity contribution in [2.24, 2.45) is 5.92 Å². The molecule has 0 bridgehead atoms. The third-order valence-corrected chi connectivity index (χ3v) is 8.72. The van der Waals surface area contributed by atoms with E-state index in [2.05, 4.69) is 5.32 Å². The van der Waals surface area contributed by atoms with Gasteiger partial charge in [0.1, 0.15) is 18.4 Å². The molecule has 0 spiro atoms. The van der Waals surface area contributed by atoms with E-state index in [1.54, 1.807) is 19.1 Å². The average molecular weight is 609 g/mol. The van der Waals surface area contributed by atoms with Crippen LogP contribution in [0.4, 0.5) is 10.1 Å². The molecule has 3 aromatic carbocycles. The quantitative estimate of drug-likeness (QED) is 0.297. The van der Waals surface area contributed by atoms with Crippen LogP contribution in [0.5, 0.6) is 0 Å². The Labute approximate surface area is 244 Å². The number of nitrogens with one attached hydrogen (secondary N) is 1. The van der Waals surface area contributed by atoms with E-state index in [1.807, 2.05) is 20.8 Å². The summed E-state index contributed by atoms with van der Waals surface area (Å²) in [6.45, 7) is 7.00. The van der Waals surface area contributed by atoms with Gasteiger partial charge in [-0.2, -0.15) is 0 Å². The van der Waals surface area contributed by atoms with Gasteiger partial charge in [-0.3, -0.25) is 13.9 Å². The van der Waals surface area contributed by atoms with Gasteiger partial charge in [0.2, 0.25) is 11.8 Å². The highest BCUT2D eigenvalue weighted by Crippen LogP contribution is 2.31. The van der Waals surface area contributed by atoms with Crippen molar-refractivity contribution in [3.8, 4) is 0 Å². The summed E-state index contributed by atoms with van der Waals surface area (Å²) < 4.78 is 42.2. The van der Waals surface area contributed by atoms with Gasteiger partial charge in [-0.05, 0) is 67.8 Å². The molecule has 3 aromatic rings. The highest BCUT2D eigenvalue weighted by molar-refractivity contribution is 7.92. The highest BCUT2D eigenvalue weighted by atomic mass is 35.5. The first-order valence-corrected chi connectivity index (χ1v) is 14.8. The van der Waals surface area contributed by atoms with Gasteiger partial charge in [0, 0.05) is 13.1 Å². The summed E-state index contributed by atoms with van der Waals surface area (Å²) in [4.78, 5) is 28.1. The molecule has 2 amide bonds. The lowest BCUT2D eigenvalue weighted by atomic mass is 10.1. The van der Waals surface area contributed by atoms with Crippen LogP contribution in [0.3, 0.4) is 0 Å². The number of benzene rings is 3. The number of rotatable bonds is 11.